The minimum absolute atomic E-state index is 0.0401. The van der Waals surface area contributed by atoms with Crippen LogP contribution < -0.4 is 0 Å². The molecule has 4 fully saturated rings. The van der Waals surface area contributed by atoms with E-state index in [1.807, 2.05) is 62.3 Å². The van der Waals surface area contributed by atoms with Gasteiger partial charge in [-0.1, -0.05) is 92.6 Å². The zero-order valence-electron chi connectivity index (χ0n) is 23.2. The summed E-state index contributed by atoms with van der Waals surface area (Å²) in [4.78, 5) is 14.4. The quantitative estimate of drug-likeness (QED) is 0.396. The lowest BCUT2D eigenvalue weighted by Gasteiger charge is -2.46. The highest BCUT2D eigenvalue weighted by atomic mass is 19.4. The number of benzene rings is 1. The fourth-order valence-corrected chi connectivity index (χ4v) is 9.32. The Morgan fingerprint density at radius 2 is 1.17 bits per heavy atom. The van der Waals surface area contributed by atoms with E-state index in [1.54, 1.807) is 39.0 Å². The standard InChI is InChI=1S/C29H41F3O3/c1-20(2,3)26-24(19(33)34-23(10,11)12)25(29(30,31)32,18-16-14-13-15-17-18)35-28(26,22(7,8)9)27(24,26)21(4,5)6/h13-17H,1-12H3/t24?,25-,26?,27?,28?/m0/s1. The summed E-state index contributed by atoms with van der Waals surface area (Å²) in [7, 11) is 0. The van der Waals surface area contributed by atoms with Crippen molar-refractivity contribution in [2.45, 2.75) is 106 Å². The van der Waals surface area contributed by atoms with Crippen molar-refractivity contribution in [3.8, 4) is 0 Å². The van der Waals surface area contributed by atoms with Crippen molar-refractivity contribution < 1.29 is 27.4 Å². The Balaban J connectivity index is 2.24. The third-order valence-electron chi connectivity index (χ3n) is 9.04. The van der Waals surface area contributed by atoms with Crippen LogP contribution in [0.2, 0.25) is 0 Å². The van der Waals surface area contributed by atoms with E-state index in [0.29, 0.717) is 0 Å². The summed E-state index contributed by atoms with van der Waals surface area (Å²) in [6.07, 6.45) is -4.86. The Morgan fingerprint density at radius 3 is 1.49 bits per heavy atom. The van der Waals surface area contributed by atoms with E-state index < -0.39 is 61.4 Å². The van der Waals surface area contributed by atoms with Gasteiger partial charge in [0, 0.05) is 10.8 Å². The SMILES string of the molecule is CC(C)(C)OC(=O)C12C3(C(C)(C)C)C(C(C)(C)C)(O[C@]1(c1ccccc1)C(F)(F)F)C32C(C)(C)C. The van der Waals surface area contributed by atoms with Crippen LogP contribution >= 0.6 is 0 Å². The maximum absolute atomic E-state index is 15.8. The first-order chi connectivity index (χ1) is 15.4. The van der Waals surface area contributed by atoms with Crippen molar-refractivity contribution in [3.63, 3.8) is 0 Å². The largest absolute Gasteiger partial charge is 0.459 e. The zero-order chi connectivity index (χ0) is 27.1. The molecule has 0 radical (unpaired) electrons. The van der Waals surface area contributed by atoms with Crippen LogP contribution in [0.1, 0.15) is 88.6 Å². The highest BCUT2D eigenvalue weighted by Gasteiger charge is 3.29. The minimum Gasteiger partial charge on any atom is -0.459 e. The summed E-state index contributed by atoms with van der Waals surface area (Å²) in [5.74, 6) is -0.812. The number of fused-ring (bicyclic) bond motifs is 1. The molecular weight excluding hydrogens is 453 g/mol. The summed E-state index contributed by atoms with van der Waals surface area (Å²) >= 11 is 0. The molecule has 2 unspecified atom stereocenters. The summed E-state index contributed by atoms with van der Waals surface area (Å²) < 4.78 is 59.9. The van der Waals surface area contributed by atoms with Crippen LogP contribution in [0.3, 0.4) is 0 Å². The Bertz CT molecular complexity index is 1030. The van der Waals surface area contributed by atoms with E-state index >= 15 is 13.2 Å². The molecule has 2 saturated heterocycles. The van der Waals surface area contributed by atoms with Crippen LogP contribution in [0.15, 0.2) is 30.3 Å². The van der Waals surface area contributed by atoms with Gasteiger partial charge in [0.15, 0.2) is 0 Å². The number of esters is 1. The van der Waals surface area contributed by atoms with Crippen LogP contribution in [0.25, 0.3) is 0 Å². The molecule has 2 heterocycles. The molecule has 3 atom stereocenters. The fraction of sp³-hybridized carbons (Fsp3) is 0.759. The van der Waals surface area contributed by atoms with Gasteiger partial charge in [0.1, 0.15) is 11.0 Å². The second-order valence-corrected chi connectivity index (χ2v) is 14.8. The molecule has 0 N–H and O–H groups in total. The number of rotatable bonds is 2. The molecule has 5 rings (SSSR count). The lowest BCUT2D eigenvalue weighted by molar-refractivity contribution is -0.296. The van der Waals surface area contributed by atoms with Gasteiger partial charge in [0.25, 0.3) is 0 Å². The average Bonchev–Trinajstić information content (AvgIpc) is 3.34. The molecule has 0 amide bonds. The zero-order valence-corrected chi connectivity index (χ0v) is 23.2. The van der Waals surface area contributed by atoms with Gasteiger partial charge in [-0.2, -0.15) is 13.2 Å². The number of carbonyl (C=O) groups is 1. The monoisotopic (exact) mass is 494 g/mol. The molecule has 1 aromatic rings. The van der Waals surface area contributed by atoms with Crippen molar-refractivity contribution in [1.29, 1.82) is 0 Å². The maximum Gasteiger partial charge on any atom is 0.422 e. The minimum atomic E-state index is -4.86. The van der Waals surface area contributed by atoms with E-state index in [2.05, 4.69) is 0 Å². The van der Waals surface area contributed by atoms with Gasteiger partial charge in [-0.25, -0.2) is 0 Å². The summed E-state index contributed by atoms with van der Waals surface area (Å²) in [6, 6.07) is 7.73. The summed E-state index contributed by atoms with van der Waals surface area (Å²) in [5.41, 5.74) is -11.2. The maximum atomic E-state index is 15.8. The van der Waals surface area contributed by atoms with Crippen LogP contribution in [0.4, 0.5) is 13.2 Å². The Hall–Kier alpha value is -1.56. The number of halogens is 3. The molecule has 2 aliphatic heterocycles. The van der Waals surface area contributed by atoms with Gasteiger partial charge in [-0.15, -0.1) is 0 Å². The van der Waals surface area contributed by atoms with Crippen molar-refractivity contribution in [1.82, 2.24) is 0 Å². The Morgan fingerprint density at radius 1 is 0.743 bits per heavy atom. The fourth-order valence-electron chi connectivity index (χ4n) is 9.32. The molecule has 2 bridgehead atoms. The predicted molar refractivity (Wildman–Crippen MR) is 130 cm³/mol. The lowest BCUT2D eigenvalue weighted by atomic mass is 9.54. The van der Waals surface area contributed by atoms with Crippen molar-refractivity contribution in [2.75, 3.05) is 0 Å². The molecule has 196 valence electrons. The first-order valence-corrected chi connectivity index (χ1v) is 12.5. The first-order valence-electron chi connectivity index (χ1n) is 12.5. The molecule has 2 aliphatic carbocycles. The van der Waals surface area contributed by atoms with E-state index in [0.717, 1.165) is 0 Å². The summed E-state index contributed by atoms with van der Waals surface area (Å²) in [5, 5.41) is 0. The van der Waals surface area contributed by atoms with Gasteiger partial charge in [0.2, 0.25) is 5.60 Å². The Labute approximate surface area is 208 Å². The van der Waals surface area contributed by atoms with Gasteiger partial charge >= 0.3 is 12.1 Å². The van der Waals surface area contributed by atoms with E-state index in [-0.39, 0.29) is 5.56 Å². The van der Waals surface area contributed by atoms with Gasteiger partial charge < -0.3 is 9.47 Å². The molecule has 35 heavy (non-hydrogen) atoms. The van der Waals surface area contributed by atoms with Crippen molar-refractivity contribution in [3.05, 3.63) is 35.9 Å². The van der Waals surface area contributed by atoms with Crippen molar-refractivity contribution >= 4 is 5.97 Å². The molecule has 0 spiro atoms. The number of carbonyl (C=O) groups excluding carboxylic acids is 1. The third kappa shape index (κ3) is 2.26. The summed E-state index contributed by atoms with van der Waals surface area (Å²) in [6.45, 7) is 22.6. The topological polar surface area (TPSA) is 35.5 Å². The highest BCUT2D eigenvalue weighted by Crippen LogP contribution is 3.19. The van der Waals surface area contributed by atoms with Gasteiger partial charge in [0.05, 0.1) is 5.60 Å². The predicted octanol–water partition coefficient (Wildman–Crippen LogP) is 7.68. The molecule has 4 aliphatic rings. The molecule has 2 saturated carbocycles. The highest BCUT2D eigenvalue weighted by molar-refractivity contribution is 5.97. The van der Waals surface area contributed by atoms with Crippen LogP contribution in [0.5, 0.6) is 0 Å². The Kier molecular flexibility index (Phi) is 4.76. The average molecular weight is 495 g/mol. The lowest BCUT2D eigenvalue weighted by Crippen LogP contribution is -2.58. The number of ether oxygens (including phenoxy) is 2. The number of hydrogen-bond donors (Lipinski definition) is 0. The molecule has 0 aromatic heterocycles. The van der Waals surface area contributed by atoms with Gasteiger partial charge in [-0.05, 0) is 42.6 Å². The molecular formula is C29H41F3O3. The van der Waals surface area contributed by atoms with Crippen LogP contribution in [-0.4, -0.2) is 23.3 Å². The smallest absolute Gasteiger partial charge is 0.422 e. The third-order valence-corrected chi connectivity index (χ3v) is 9.04. The van der Waals surface area contributed by atoms with Gasteiger partial charge in [-0.3, -0.25) is 4.79 Å². The normalized spacial score (nSPS) is 38.7. The second-order valence-electron chi connectivity index (χ2n) is 14.8. The molecule has 6 heteroatoms. The molecule has 1 aromatic carbocycles. The van der Waals surface area contributed by atoms with Crippen LogP contribution in [-0.2, 0) is 19.9 Å². The van der Waals surface area contributed by atoms with Crippen molar-refractivity contribution in [2.24, 2.45) is 32.5 Å². The number of hydrogen-bond acceptors (Lipinski definition) is 3. The van der Waals surface area contributed by atoms with E-state index in [4.69, 9.17) is 9.47 Å². The second kappa shape index (κ2) is 6.28. The first kappa shape index (κ1) is 26.5. The van der Waals surface area contributed by atoms with E-state index in [9.17, 15) is 4.79 Å². The number of alkyl halides is 3. The molecule has 3 nitrogen and oxygen atoms in total. The van der Waals surface area contributed by atoms with E-state index in [1.165, 1.54) is 12.1 Å². The van der Waals surface area contributed by atoms with Crippen LogP contribution in [0, 0.1) is 32.5 Å².